The van der Waals surface area contributed by atoms with Crippen molar-refractivity contribution in [1.29, 1.82) is 0 Å². The summed E-state index contributed by atoms with van der Waals surface area (Å²) >= 11 is 0. The maximum atomic E-state index is 10.9. The molecule has 104 valence electrons. The average Bonchev–Trinajstić information content (AvgIpc) is 2.36. The molecule has 0 aliphatic carbocycles. The molecule has 5 nitrogen and oxygen atoms in total. The maximum Gasteiger partial charge on any atom is 0.330 e. The van der Waals surface area contributed by atoms with Crippen LogP contribution in [0.25, 0.3) is 0 Å². The molecule has 0 saturated heterocycles. The van der Waals surface area contributed by atoms with Gasteiger partial charge in [0.15, 0.2) is 0 Å². The van der Waals surface area contributed by atoms with Crippen LogP contribution < -0.4 is 0 Å². The Bertz CT molecular complexity index is 252. The van der Waals surface area contributed by atoms with Crippen molar-refractivity contribution in [2.45, 2.75) is 26.1 Å². The summed E-state index contributed by atoms with van der Waals surface area (Å²) in [5.74, 6) is -0.448. The van der Waals surface area contributed by atoms with Crippen LogP contribution in [-0.4, -0.2) is 44.6 Å². The third-order valence-corrected chi connectivity index (χ3v) is 1.92. The standard InChI is InChI=1S/C13H22O5/c1-5-13(14)18-12(4)10-17-11(3)9-16-8-7-15-6-2/h5-6,11-12H,1-2,7-10H2,3-4H3. The van der Waals surface area contributed by atoms with Crippen molar-refractivity contribution in [3.63, 3.8) is 0 Å². The van der Waals surface area contributed by atoms with Gasteiger partial charge in [-0.1, -0.05) is 13.2 Å². The maximum absolute atomic E-state index is 10.9. The first-order valence-electron chi connectivity index (χ1n) is 5.85. The molecule has 0 bridgehead atoms. The molecule has 0 spiro atoms. The molecule has 0 aromatic rings. The van der Waals surface area contributed by atoms with E-state index in [4.69, 9.17) is 18.9 Å². The second-order valence-corrected chi connectivity index (χ2v) is 3.71. The zero-order valence-electron chi connectivity index (χ0n) is 11.1. The van der Waals surface area contributed by atoms with Crippen molar-refractivity contribution in [3.8, 4) is 0 Å². The van der Waals surface area contributed by atoms with E-state index in [1.165, 1.54) is 6.26 Å². The number of esters is 1. The molecular formula is C13H22O5. The van der Waals surface area contributed by atoms with E-state index >= 15 is 0 Å². The minimum absolute atomic E-state index is 0.0707. The summed E-state index contributed by atoms with van der Waals surface area (Å²) in [4.78, 5) is 10.9. The van der Waals surface area contributed by atoms with E-state index in [0.29, 0.717) is 26.4 Å². The SMILES string of the molecule is C=COCCOCC(C)OCC(C)OC(=O)C=C. The first kappa shape index (κ1) is 16.7. The highest BCUT2D eigenvalue weighted by atomic mass is 16.6. The first-order chi connectivity index (χ1) is 8.60. The monoisotopic (exact) mass is 258 g/mol. The molecule has 0 radical (unpaired) electrons. The molecule has 0 amide bonds. The Labute approximate surface area is 108 Å². The van der Waals surface area contributed by atoms with E-state index in [1.54, 1.807) is 6.92 Å². The van der Waals surface area contributed by atoms with Gasteiger partial charge in [-0.2, -0.15) is 0 Å². The number of hydrogen-bond donors (Lipinski definition) is 0. The van der Waals surface area contributed by atoms with E-state index in [9.17, 15) is 4.79 Å². The van der Waals surface area contributed by atoms with Gasteiger partial charge in [0.2, 0.25) is 0 Å². The fraction of sp³-hybridized carbons (Fsp3) is 0.615. The highest BCUT2D eigenvalue weighted by Gasteiger charge is 2.09. The van der Waals surface area contributed by atoms with Crippen LogP contribution in [-0.2, 0) is 23.7 Å². The van der Waals surface area contributed by atoms with Crippen molar-refractivity contribution in [1.82, 2.24) is 0 Å². The van der Waals surface area contributed by atoms with Gasteiger partial charge < -0.3 is 18.9 Å². The lowest BCUT2D eigenvalue weighted by atomic mass is 10.4. The molecule has 0 aliphatic heterocycles. The van der Waals surface area contributed by atoms with Crippen LogP contribution in [0.3, 0.4) is 0 Å². The molecule has 0 aromatic heterocycles. The average molecular weight is 258 g/mol. The fourth-order valence-corrected chi connectivity index (χ4v) is 1.07. The first-order valence-corrected chi connectivity index (χ1v) is 5.85. The van der Waals surface area contributed by atoms with Gasteiger partial charge in [0.05, 0.1) is 32.2 Å². The van der Waals surface area contributed by atoms with Crippen molar-refractivity contribution < 1.29 is 23.7 Å². The molecule has 5 heteroatoms. The van der Waals surface area contributed by atoms with E-state index in [0.717, 1.165) is 6.08 Å². The van der Waals surface area contributed by atoms with Gasteiger partial charge in [0, 0.05) is 6.08 Å². The molecule has 0 rings (SSSR count). The fourth-order valence-electron chi connectivity index (χ4n) is 1.07. The summed E-state index contributed by atoms with van der Waals surface area (Å²) in [6, 6.07) is 0. The summed E-state index contributed by atoms with van der Waals surface area (Å²) in [6.45, 7) is 12.1. The highest BCUT2D eigenvalue weighted by Crippen LogP contribution is 1.98. The Balaban J connectivity index is 3.50. The molecule has 0 aromatic carbocycles. The highest BCUT2D eigenvalue weighted by molar-refractivity contribution is 5.81. The van der Waals surface area contributed by atoms with Crippen molar-refractivity contribution in [2.24, 2.45) is 0 Å². The summed E-state index contributed by atoms with van der Waals surface area (Å²) in [7, 11) is 0. The molecule has 0 heterocycles. The van der Waals surface area contributed by atoms with Crippen LogP contribution in [0.15, 0.2) is 25.5 Å². The van der Waals surface area contributed by atoms with Crippen LogP contribution in [0, 0.1) is 0 Å². The second kappa shape index (κ2) is 10.8. The molecule has 2 unspecified atom stereocenters. The summed E-state index contributed by atoms with van der Waals surface area (Å²) in [5.41, 5.74) is 0. The topological polar surface area (TPSA) is 54.0 Å². The minimum atomic E-state index is -0.448. The van der Waals surface area contributed by atoms with E-state index < -0.39 is 5.97 Å². The summed E-state index contributed by atoms with van der Waals surface area (Å²) in [6.07, 6.45) is 2.13. The van der Waals surface area contributed by atoms with Crippen LogP contribution in [0.1, 0.15) is 13.8 Å². The number of hydrogen-bond acceptors (Lipinski definition) is 5. The predicted molar refractivity (Wildman–Crippen MR) is 68.1 cm³/mol. The van der Waals surface area contributed by atoms with Gasteiger partial charge in [-0.25, -0.2) is 4.79 Å². The van der Waals surface area contributed by atoms with Crippen LogP contribution >= 0.6 is 0 Å². The second-order valence-electron chi connectivity index (χ2n) is 3.71. The molecule has 2 atom stereocenters. The minimum Gasteiger partial charge on any atom is -0.499 e. The van der Waals surface area contributed by atoms with Gasteiger partial charge >= 0.3 is 5.97 Å². The molecular weight excluding hydrogens is 236 g/mol. The molecule has 0 saturated carbocycles. The van der Waals surface area contributed by atoms with Crippen LogP contribution in [0.2, 0.25) is 0 Å². The van der Waals surface area contributed by atoms with E-state index in [1.807, 2.05) is 6.92 Å². The number of rotatable bonds is 11. The summed E-state index contributed by atoms with van der Waals surface area (Å²) in [5, 5.41) is 0. The Kier molecular flexibility index (Phi) is 10.0. The number of carbonyl (C=O) groups excluding carboxylic acids is 1. The lowest BCUT2D eigenvalue weighted by molar-refractivity contribution is -0.146. The van der Waals surface area contributed by atoms with Crippen molar-refractivity contribution >= 4 is 5.97 Å². The van der Waals surface area contributed by atoms with Crippen LogP contribution in [0.4, 0.5) is 0 Å². The Morgan fingerprint density at radius 3 is 2.50 bits per heavy atom. The van der Waals surface area contributed by atoms with Crippen molar-refractivity contribution in [2.75, 3.05) is 26.4 Å². The quantitative estimate of drug-likeness (QED) is 0.244. The Morgan fingerprint density at radius 2 is 1.89 bits per heavy atom. The predicted octanol–water partition coefficient (Wildman–Crippen LogP) is 1.69. The van der Waals surface area contributed by atoms with Crippen molar-refractivity contribution in [3.05, 3.63) is 25.5 Å². The Hall–Kier alpha value is -1.33. The van der Waals surface area contributed by atoms with E-state index in [-0.39, 0.29) is 12.2 Å². The molecule has 0 N–H and O–H groups in total. The zero-order valence-corrected chi connectivity index (χ0v) is 11.1. The number of ether oxygens (including phenoxy) is 4. The smallest absolute Gasteiger partial charge is 0.330 e. The number of carbonyl (C=O) groups is 1. The van der Waals surface area contributed by atoms with E-state index in [2.05, 4.69) is 13.2 Å². The van der Waals surface area contributed by atoms with Gasteiger partial charge in [0.25, 0.3) is 0 Å². The zero-order chi connectivity index (χ0) is 13.8. The lowest BCUT2D eigenvalue weighted by Gasteiger charge is -2.17. The molecule has 0 fully saturated rings. The lowest BCUT2D eigenvalue weighted by Crippen LogP contribution is -2.25. The van der Waals surface area contributed by atoms with Crippen LogP contribution in [0.5, 0.6) is 0 Å². The largest absolute Gasteiger partial charge is 0.499 e. The van der Waals surface area contributed by atoms with Gasteiger partial charge in [0.1, 0.15) is 12.7 Å². The normalized spacial score (nSPS) is 13.4. The van der Waals surface area contributed by atoms with Gasteiger partial charge in [-0.15, -0.1) is 0 Å². The Morgan fingerprint density at radius 1 is 1.17 bits per heavy atom. The third-order valence-electron chi connectivity index (χ3n) is 1.92. The molecule has 0 aliphatic rings. The molecule has 18 heavy (non-hydrogen) atoms. The third kappa shape index (κ3) is 9.86. The summed E-state index contributed by atoms with van der Waals surface area (Å²) < 4.78 is 20.6. The van der Waals surface area contributed by atoms with Gasteiger partial charge in [-0.3, -0.25) is 0 Å². The van der Waals surface area contributed by atoms with Gasteiger partial charge in [-0.05, 0) is 13.8 Å².